The van der Waals surface area contributed by atoms with Gasteiger partial charge in [-0.05, 0) is 52.8 Å². The van der Waals surface area contributed by atoms with Crippen LogP contribution in [0.1, 0.15) is 77.3 Å². The van der Waals surface area contributed by atoms with E-state index in [1.807, 2.05) is 0 Å². The summed E-state index contributed by atoms with van der Waals surface area (Å²) in [7, 11) is 0. The molecule has 1 fully saturated rings. The zero-order valence-electron chi connectivity index (χ0n) is 14.2. The van der Waals surface area contributed by atoms with Gasteiger partial charge in [0.25, 0.3) is 0 Å². The summed E-state index contributed by atoms with van der Waals surface area (Å²) < 4.78 is 0. The molecule has 0 bridgehead atoms. The topological polar surface area (TPSA) is 15.8 Å². The maximum Gasteiger partial charge on any atom is 0.0457 e. The Hall–Kier alpha value is -1.24. The van der Waals surface area contributed by atoms with Crippen LogP contribution in [-0.4, -0.2) is 4.98 Å². The summed E-state index contributed by atoms with van der Waals surface area (Å²) in [6, 6.07) is 6.95. The van der Waals surface area contributed by atoms with Gasteiger partial charge in [0, 0.05) is 17.1 Å². The molecule has 1 aromatic carbocycles. The average molecular weight is 283 g/mol. The molecule has 0 amide bonds. The third-order valence-corrected chi connectivity index (χ3v) is 5.46. The van der Waals surface area contributed by atoms with Crippen molar-refractivity contribution in [3.8, 4) is 0 Å². The quantitative estimate of drug-likeness (QED) is 0.646. The Morgan fingerprint density at radius 1 is 1.14 bits per heavy atom. The summed E-state index contributed by atoms with van der Waals surface area (Å²) in [6.45, 7) is 11.8. The van der Waals surface area contributed by atoms with Crippen molar-refractivity contribution >= 4 is 10.9 Å². The third-order valence-electron chi connectivity index (χ3n) is 5.46. The molecule has 1 saturated carbocycles. The first-order chi connectivity index (χ1) is 9.79. The Kier molecular flexibility index (Phi) is 3.43. The molecule has 1 atom stereocenters. The van der Waals surface area contributed by atoms with E-state index in [0.717, 1.165) is 0 Å². The fourth-order valence-corrected chi connectivity index (χ4v) is 3.97. The lowest BCUT2D eigenvalue weighted by atomic mass is 9.66. The monoisotopic (exact) mass is 283 g/mol. The Morgan fingerprint density at radius 3 is 2.57 bits per heavy atom. The van der Waals surface area contributed by atoms with Gasteiger partial charge in [-0.3, -0.25) is 0 Å². The minimum Gasteiger partial charge on any atom is -0.361 e. The van der Waals surface area contributed by atoms with Crippen LogP contribution in [0, 0.1) is 5.41 Å². The van der Waals surface area contributed by atoms with Crippen LogP contribution in [0.3, 0.4) is 0 Å². The predicted molar refractivity (Wildman–Crippen MR) is 92.0 cm³/mol. The second-order valence-electron chi connectivity index (χ2n) is 8.54. The third kappa shape index (κ3) is 2.63. The van der Waals surface area contributed by atoms with Crippen molar-refractivity contribution in [2.45, 2.75) is 71.6 Å². The number of benzene rings is 1. The van der Waals surface area contributed by atoms with E-state index in [-0.39, 0.29) is 5.41 Å². The number of hydrogen-bond donors (Lipinski definition) is 1. The summed E-state index contributed by atoms with van der Waals surface area (Å²) >= 11 is 0. The minimum absolute atomic E-state index is 0.213. The molecule has 0 aliphatic heterocycles. The molecule has 2 aromatic rings. The molecule has 1 heteroatoms. The van der Waals surface area contributed by atoms with Crippen LogP contribution in [0.5, 0.6) is 0 Å². The summed E-state index contributed by atoms with van der Waals surface area (Å²) in [6.07, 6.45) is 7.72. The number of fused-ring (bicyclic) bond motifs is 1. The first-order valence-electron chi connectivity index (χ1n) is 8.40. The number of hydrogen-bond acceptors (Lipinski definition) is 0. The van der Waals surface area contributed by atoms with E-state index in [0.29, 0.717) is 11.3 Å². The molecule has 1 heterocycles. The van der Waals surface area contributed by atoms with Crippen molar-refractivity contribution in [3.05, 3.63) is 35.5 Å². The zero-order valence-corrected chi connectivity index (χ0v) is 14.2. The number of H-pyrrole nitrogens is 1. The maximum atomic E-state index is 3.50. The fraction of sp³-hybridized carbons (Fsp3) is 0.600. The van der Waals surface area contributed by atoms with Gasteiger partial charge in [-0.1, -0.05) is 53.5 Å². The molecule has 3 rings (SSSR count). The molecular weight excluding hydrogens is 254 g/mol. The molecule has 1 aliphatic carbocycles. The Bertz CT molecular complexity index is 639. The molecule has 0 radical (unpaired) electrons. The van der Waals surface area contributed by atoms with Crippen molar-refractivity contribution in [3.63, 3.8) is 0 Å². The molecular formula is C20H29N. The summed E-state index contributed by atoms with van der Waals surface area (Å²) in [5.41, 5.74) is 4.90. The van der Waals surface area contributed by atoms with Crippen LogP contribution in [-0.2, 0) is 5.41 Å². The van der Waals surface area contributed by atoms with Crippen LogP contribution in [0.25, 0.3) is 10.9 Å². The normalized spacial score (nSPS) is 22.6. The van der Waals surface area contributed by atoms with E-state index in [2.05, 4.69) is 64.0 Å². The largest absolute Gasteiger partial charge is 0.361 e. The number of nitrogens with one attached hydrogen (secondary N) is 1. The fourth-order valence-electron chi connectivity index (χ4n) is 3.97. The van der Waals surface area contributed by atoms with Crippen LogP contribution in [0.2, 0.25) is 0 Å². The molecule has 1 N–H and O–H groups in total. The lowest BCUT2D eigenvalue weighted by Gasteiger charge is -2.38. The SMILES string of the molecule is CC(C)(C)c1ccc2[nH]cc(C3CCCCC3(C)C)c2c1. The second kappa shape index (κ2) is 4.90. The van der Waals surface area contributed by atoms with Crippen molar-refractivity contribution in [2.24, 2.45) is 5.41 Å². The van der Waals surface area contributed by atoms with Crippen molar-refractivity contribution in [1.29, 1.82) is 0 Å². The first-order valence-corrected chi connectivity index (χ1v) is 8.40. The Labute approximate surface area is 129 Å². The molecule has 1 nitrogen and oxygen atoms in total. The van der Waals surface area contributed by atoms with E-state index in [4.69, 9.17) is 0 Å². The van der Waals surface area contributed by atoms with Gasteiger partial charge in [0.05, 0.1) is 0 Å². The van der Waals surface area contributed by atoms with Crippen molar-refractivity contribution < 1.29 is 0 Å². The average Bonchev–Trinajstić information content (AvgIpc) is 2.80. The Balaban J connectivity index is 2.10. The van der Waals surface area contributed by atoms with E-state index in [1.165, 1.54) is 42.1 Å². The van der Waals surface area contributed by atoms with E-state index >= 15 is 0 Å². The zero-order chi connectivity index (χ0) is 15.3. The highest BCUT2D eigenvalue weighted by Gasteiger charge is 2.34. The molecule has 0 spiro atoms. The lowest BCUT2D eigenvalue weighted by Crippen LogP contribution is -2.25. The van der Waals surface area contributed by atoms with Crippen LogP contribution >= 0.6 is 0 Å². The molecule has 0 saturated heterocycles. The van der Waals surface area contributed by atoms with Gasteiger partial charge in [-0.2, -0.15) is 0 Å². The second-order valence-corrected chi connectivity index (χ2v) is 8.54. The van der Waals surface area contributed by atoms with E-state index < -0.39 is 0 Å². The van der Waals surface area contributed by atoms with Gasteiger partial charge in [0.2, 0.25) is 0 Å². The van der Waals surface area contributed by atoms with Crippen LogP contribution in [0.15, 0.2) is 24.4 Å². The number of aromatic amines is 1. The summed E-state index contributed by atoms with van der Waals surface area (Å²) in [5.74, 6) is 0.690. The predicted octanol–water partition coefficient (Wildman–Crippen LogP) is 6.15. The van der Waals surface area contributed by atoms with E-state index in [1.54, 1.807) is 5.56 Å². The van der Waals surface area contributed by atoms with Crippen molar-refractivity contribution in [1.82, 2.24) is 4.98 Å². The Morgan fingerprint density at radius 2 is 1.90 bits per heavy atom. The highest BCUT2D eigenvalue weighted by Crippen LogP contribution is 2.48. The minimum atomic E-state index is 0.213. The van der Waals surface area contributed by atoms with Gasteiger partial charge < -0.3 is 4.98 Å². The van der Waals surface area contributed by atoms with Gasteiger partial charge in [-0.25, -0.2) is 0 Å². The van der Waals surface area contributed by atoms with Crippen molar-refractivity contribution in [2.75, 3.05) is 0 Å². The van der Waals surface area contributed by atoms with Gasteiger partial charge in [0.1, 0.15) is 0 Å². The molecule has 1 aliphatic rings. The van der Waals surface area contributed by atoms with Crippen LogP contribution < -0.4 is 0 Å². The smallest absolute Gasteiger partial charge is 0.0457 e. The molecule has 1 aromatic heterocycles. The highest BCUT2D eigenvalue weighted by atomic mass is 14.7. The van der Waals surface area contributed by atoms with Gasteiger partial charge in [0.15, 0.2) is 0 Å². The van der Waals surface area contributed by atoms with Crippen LogP contribution in [0.4, 0.5) is 0 Å². The standard InChI is InChI=1S/C20H29N/c1-19(2,3)14-9-10-18-15(12-14)16(13-21-18)17-8-6-7-11-20(17,4)5/h9-10,12-13,17,21H,6-8,11H2,1-5H3. The summed E-state index contributed by atoms with van der Waals surface area (Å²) in [5, 5.41) is 1.45. The first kappa shape index (κ1) is 14.7. The lowest BCUT2D eigenvalue weighted by molar-refractivity contribution is 0.201. The number of aromatic nitrogens is 1. The molecule has 1 unspecified atom stereocenters. The molecule has 114 valence electrons. The summed E-state index contributed by atoms with van der Waals surface area (Å²) in [4.78, 5) is 3.50. The number of rotatable bonds is 1. The highest BCUT2D eigenvalue weighted by molar-refractivity contribution is 5.84. The van der Waals surface area contributed by atoms with Gasteiger partial charge in [-0.15, -0.1) is 0 Å². The maximum absolute atomic E-state index is 3.50. The van der Waals surface area contributed by atoms with Gasteiger partial charge >= 0.3 is 0 Å². The van der Waals surface area contributed by atoms with E-state index in [9.17, 15) is 0 Å². The molecule has 21 heavy (non-hydrogen) atoms.